The maximum Gasteiger partial charge on any atom is 0.325 e. The molecule has 1 aromatic rings. The summed E-state index contributed by atoms with van der Waals surface area (Å²) in [5.74, 6) is 0.133. The summed E-state index contributed by atoms with van der Waals surface area (Å²) in [6.07, 6.45) is 2.32. The van der Waals surface area contributed by atoms with Gasteiger partial charge in [0.2, 0.25) is 5.91 Å². The molecular weight excluding hydrogens is 242 g/mol. The van der Waals surface area contributed by atoms with Gasteiger partial charge in [-0.2, -0.15) is 0 Å². The van der Waals surface area contributed by atoms with Crippen molar-refractivity contribution in [3.63, 3.8) is 0 Å². The normalized spacial score (nSPS) is 10.7. The van der Waals surface area contributed by atoms with Crippen molar-refractivity contribution in [1.29, 1.82) is 0 Å². The van der Waals surface area contributed by atoms with Crippen LogP contribution in [0.2, 0.25) is 0 Å². The third kappa shape index (κ3) is 3.98. The Hall–Kier alpha value is -1.52. The molecule has 19 heavy (non-hydrogen) atoms. The number of hydrogen-bond acceptors (Lipinski definition) is 2. The number of imidazole rings is 1. The van der Waals surface area contributed by atoms with Gasteiger partial charge in [-0.1, -0.05) is 13.8 Å². The average molecular weight is 267 g/mol. The van der Waals surface area contributed by atoms with E-state index >= 15 is 0 Å². The Labute approximate surface area is 114 Å². The second-order valence-corrected chi connectivity index (χ2v) is 4.92. The van der Waals surface area contributed by atoms with Crippen molar-refractivity contribution in [3.8, 4) is 0 Å². The second kappa shape index (κ2) is 7.16. The Balaban J connectivity index is 2.64. The molecule has 5 nitrogen and oxygen atoms in total. The summed E-state index contributed by atoms with van der Waals surface area (Å²) in [6.45, 7) is 9.96. The summed E-state index contributed by atoms with van der Waals surface area (Å²) in [4.78, 5) is 28.5. The van der Waals surface area contributed by atoms with Gasteiger partial charge in [-0.05, 0) is 26.7 Å². The number of amides is 1. The predicted octanol–water partition coefficient (Wildman–Crippen LogP) is 1.83. The number of H-pyrrole nitrogens is 1. The molecule has 1 rings (SSSR count). The molecule has 0 atom stereocenters. The van der Waals surface area contributed by atoms with Gasteiger partial charge in [-0.25, -0.2) is 4.79 Å². The number of aromatic amines is 1. The smallest absolute Gasteiger partial charge is 0.325 e. The van der Waals surface area contributed by atoms with Gasteiger partial charge in [0.05, 0.1) is 0 Å². The lowest BCUT2D eigenvalue weighted by atomic mass is 10.3. The highest BCUT2D eigenvalue weighted by atomic mass is 16.2. The van der Waals surface area contributed by atoms with Crippen LogP contribution in [0, 0.1) is 13.8 Å². The lowest BCUT2D eigenvalue weighted by Crippen LogP contribution is -2.33. The maximum atomic E-state index is 12.1. The van der Waals surface area contributed by atoms with Gasteiger partial charge in [0.15, 0.2) is 0 Å². The highest BCUT2D eigenvalue weighted by Gasteiger charge is 2.13. The van der Waals surface area contributed by atoms with Crippen LogP contribution in [-0.2, 0) is 11.3 Å². The Morgan fingerprint density at radius 2 is 1.79 bits per heavy atom. The molecule has 0 aliphatic carbocycles. The Morgan fingerprint density at radius 1 is 1.21 bits per heavy atom. The van der Waals surface area contributed by atoms with Crippen molar-refractivity contribution in [2.24, 2.45) is 0 Å². The van der Waals surface area contributed by atoms with Crippen molar-refractivity contribution < 1.29 is 4.79 Å². The van der Waals surface area contributed by atoms with Gasteiger partial charge in [-0.15, -0.1) is 0 Å². The summed E-state index contributed by atoms with van der Waals surface area (Å²) in [6, 6.07) is 0. The predicted molar refractivity (Wildman–Crippen MR) is 76.3 cm³/mol. The lowest BCUT2D eigenvalue weighted by Gasteiger charge is -2.21. The molecule has 1 aromatic heterocycles. The average Bonchev–Trinajstić information content (AvgIpc) is 2.61. The lowest BCUT2D eigenvalue weighted by molar-refractivity contribution is -0.131. The second-order valence-electron chi connectivity index (χ2n) is 4.92. The highest BCUT2D eigenvalue weighted by Crippen LogP contribution is 2.04. The monoisotopic (exact) mass is 267 g/mol. The maximum absolute atomic E-state index is 12.1. The summed E-state index contributed by atoms with van der Waals surface area (Å²) >= 11 is 0. The molecule has 0 aliphatic rings. The summed E-state index contributed by atoms with van der Waals surface area (Å²) in [5, 5.41) is 0. The number of carbonyl (C=O) groups is 1. The Kier molecular flexibility index (Phi) is 5.86. The molecule has 0 saturated heterocycles. The molecule has 0 aromatic carbocycles. The molecular formula is C14H25N3O2. The standard InChI is InChI=1S/C14H25N3O2/c1-5-8-16(9-6-2)13(18)7-10-17-12(4)11(3)15-14(17)19/h5-10H2,1-4H3,(H,15,19). The third-order valence-electron chi connectivity index (χ3n) is 3.38. The van der Waals surface area contributed by atoms with Crippen molar-refractivity contribution in [2.75, 3.05) is 13.1 Å². The van der Waals surface area contributed by atoms with Crippen LogP contribution in [0.3, 0.4) is 0 Å². The first-order chi connectivity index (χ1) is 9.01. The minimum Gasteiger partial charge on any atom is -0.343 e. The van der Waals surface area contributed by atoms with E-state index in [9.17, 15) is 9.59 Å². The number of carbonyl (C=O) groups excluding carboxylic acids is 1. The van der Waals surface area contributed by atoms with Crippen LogP contribution < -0.4 is 5.69 Å². The minimum atomic E-state index is -0.125. The topological polar surface area (TPSA) is 58.1 Å². The van der Waals surface area contributed by atoms with Gasteiger partial charge >= 0.3 is 5.69 Å². The molecule has 1 amide bonds. The van der Waals surface area contributed by atoms with Crippen molar-refractivity contribution in [2.45, 2.75) is 53.5 Å². The van der Waals surface area contributed by atoms with E-state index in [1.54, 1.807) is 4.57 Å². The fourth-order valence-electron chi connectivity index (χ4n) is 2.21. The first kappa shape index (κ1) is 15.5. The van der Waals surface area contributed by atoms with E-state index in [-0.39, 0.29) is 11.6 Å². The molecule has 1 N–H and O–H groups in total. The fraction of sp³-hybridized carbons (Fsp3) is 0.714. The van der Waals surface area contributed by atoms with Crippen molar-refractivity contribution in [3.05, 3.63) is 21.9 Å². The summed E-state index contributed by atoms with van der Waals surface area (Å²) in [5.41, 5.74) is 1.66. The van der Waals surface area contributed by atoms with E-state index in [2.05, 4.69) is 18.8 Å². The Bertz CT molecular complexity index is 468. The summed E-state index contributed by atoms with van der Waals surface area (Å²) < 4.78 is 1.64. The van der Waals surface area contributed by atoms with E-state index in [0.717, 1.165) is 37.3 Å². The van der Waals surface area contributed by atoms with Crippen LogP contribution in [0.25, 0.3) is 0 Å². The number of rotatable bonds is 7. The fourth-order valence-corrected chi connectivity index (χ4v) is 2.21. The van der Waals surface area contributed by atoms with Gasteiger partial charge in [0.25, 0.3) is 0 Å². The molecule has 1 heterocycles. The third-order valence-corrected chi connectivity index (χ3v) is 3.38. The molecule has 0 bridgehead atoms. The Morgan fingerprint density at radius 3 is 2.21 bits per heavy atom. The van der Waals surface area contributed by atoms with Crippen molar-refractivity contribution in [1.82, 2.24) is 14.5 Å². The van der Waals surface area contributed by atoms with Gasteiger partial charge in [0.1, 0.15) is 0 Å². The van der Waals surface area contributed by atoms with E-state index < -0.39 is 0 Å². The van der Waals surface area contributed by atoms with Crippen LogP contribution in [0.4, 0.5) is 0 Å². The molecule has 0 fully saturated rings. The van der Waals surface area contributed by atoms with Crippen LogP contribution in [-0.4, -0.2) is 33.4 Å². The first-order valence-corrected chi connectivity index (χ1v) is 7.05. The largest absolute Gasteiger partial charge is 0.343 e. The molecule has 0 spiro atoms. The van der Waals surface area contributed by atoms with E-state index in [4.69, 9.17) is 0 Å². The molecule has 5 heteroatoms. The number of nitrogens with one attached hydrogen (secondary N) is 1. The number of hydrogen-bond donors (Lipinski definition) is 1. The van der Waals surface area contributed by atoms with Crippen LogP contribution >= 0.6 is 0 Å². The van der Waals surface area contributed by atoms with Crippen LogP contribution in [0.1, 0.15) is 44.5 Å². The SMILES string of the molecule is CCCN(CCC)C(=O)CCn1c(C)c(C)[nH]c1=O. The van der Waals surface area contributed by atoms with Crippen LogP contribution in [0.15, 0.2) is 4.79 Å². The highest BCUT2D eigenvalue weighted by molar-refractivity contribution is 5.76. The van der Waals surface area contributed by atoms with Gasteiger partial charge < -0.3 is 9.88 Å². The van der Waals surface area contributed by atoms with Crippen molar-refractivity contribution >= 4 is 5.91 Å². The summed E-state index contributed by atoms with van der Waals surface area (Å²) in [7, 11) is 0. The zero-order valence-electron chi connectivity index (χ0n) is 12.5. The molecule has 0 radical (unpaired) electrons. The van der Waals surface area contributed by atoms with E-state index in [1.807, 2.05) is 18.7 Å². The molecule has 0 saturated carbocycles. The van der Waals surface area contributed by atoms with Crippen LogP contribution in [0.5, 0.6) is 0 Å². The molecule has 108 valence electrons. The zero-order valence-corrected chi connectivity index (χ0v) is 12.5. The van der Waals surface area contributed by atoms with E-state index in [1.165, 1.54) is 0 Å². The first-order valence-electron chi connectivity index (χ1n) is 7.05. The molecule has 0 unspecified atom stereocenters. The molecule has 0 aliphatic heterocycles. The minimum absolute atomic E-state index is 0.125. The van der Waals surface area contributed by atoms with Gasteiger partial charge in [-0.3, -0.25) is 9.36 Å². The number of aromatic nitrogens is 2. The number of nitrogens with zero attached hydrogens (tertiary/aromatic N) is 2. The van der Waals surface area contributed by atoms with Gasteiger partial charge in [0, 0.05) is 37.4 Å². The number of aryl methyl sites for hydroxylation is 1. The van der Waals surface area contributed by atoms with E-state index in [0.29, 0.717) is 13.0 Å². The quantitative estimate of drug-likeness (QED) is 0.819. The zero-order chi connectivity index (χ0) is 14.4.